The number of carbonyl (C=O) groups excluding carboxylic acids is 2. The fourth-order valence-electron chi connectivity index (χ4n) is 3.76. The smallest absolute Gasteiger partial charge is 0.321 e. The van der Waals surface area contributed by atoms with Gasteiger partial charge in [-0.2, -0.15) is 0 Å². The van der Waals surface area contributed by atoms with Crippen LogP contribution in [0.5, 0.6) is 0 Å². The van der Waals surface area contributed by atoms with Crippen molar-refractivity contribution in [2.45, 2.75) is 38.3 Å². The number of hydrogen-bond acceptors (Lipinski definition) is 5. The Morgan fingerprint density at radius 3 is 2.70 bits per heavy atom. The maximum Gasteiger partial charge on any atom is 0.321 e. The first-order valence-corrected chi connectivity index (χ1v) is 10.1. The Hall–Kier alpha value is -3.42. The first kappa shape index (κ1) is 19.9. The summed E-state index contributed by atoms with van der Waals surface area (Å²) < 4.78 is 0. The van der Waals surface area contributed by atoms with E-state index in [1.165, 1.54) is 0 Å². The number of pyridine rings is 1. The van der Waals surface area contributed by atoms with E-state index in [9.17, 15) is 9.59 Å². The van der Waals surface area contributed by atoms with E-state index in [1.54, 1.807) is 17.3 Å². The van der Waals surface area contributed by atoms with E-state index in [2.05, 4.69) is 20.8 Å². The molecule has 0 aliphatic carbocycles. The SMILES string of the molecule is Cc1ccc(NC(=O)N2CCC[C@]3(CC(C(=O)NCc4ccncc4)=NO3)C2)cc1. The molecule has 1 aromatic carbocycles. The second-order valence-electron chi connectivity index (χ2n) is 7.85. The summed E-state index contributed by atoms with van der Waals surface area (Å²) in [5.74, 6) is -0.245. The number of amides is 3. The molecule has 30 heavy (non-hydrogen) atoms. The Morgan fingerprint density at radius 2 is 1.93 bits per heavy atom. The van der Waals surface area contributed by atoms with Crippen LogP contribution in [0.4, 0.5) is 10.5 Å². The number of nitrogens with zero attached hydrogens (tertiary/aromatic N) is 3. The molecule has 1 saturated heterocycles. The van der Waals surface area contributed by atoms with Gasteiger partial charge in [0.25, 0.3) is 5.91 Å². The summed E-state index contributed by atoms with van der Waals surface area (Å²) in [6.07, 6.45) is 5.31. The van der Waals surface area contributed by atoms with Gasteiger partial charge >= 0.3 is 6.03 Å². The molecule has 1 spiro atoms. The number of benzene rings is 1. The Morgan fingerprint density at radius 1 is 1.17 bits per heavy atom. The average Bonchev–Trinajstić information content (AvgIpc) is 3.17. The van der Waals surface area contributed by atoms with Crippen molar-refractivity contribution in [3.05, 3.63) is 59.9 Å². The van der Waals surface area contributed by atoms with Crippen LogP contribution in [0.15, 0.2) is 53.9 Å². The first-order valence-electron chi connectivity index (χ1n) is 10.1. The van der Waals surface area contributed by atoms with E-state index in [0.29, 0.717) is 31.8 Å². The zero-order chi connectivity index (χ0) is 21.0. The summed E-state index contributed by atoms with van der Waals surface area (Å²) in [7, 11) is 0. The van der Waals surface area contributed by atoms with Crippen LogP contribution in [0.25, 0.3) is 0 Å². The molecule has 3 heterocycles. The van der Waals surface area contributed by atoms with Gasteiger partial charge in [0.05, 0.1) is 6.54 Å². The van der Waals surface area contributed by atoms with Gasteiger partial charge in [0.2, 0.25) is 0 Å². The predicted octanol–water partition coefficient (Wildman–Crippen LogP) is 2.85. The van der Waals surface area contributed by atoms with E-state index in [0.717, 1.165) is 29.7 Å². The third kappa shape index (κ3) is 4.59. The number of piperidine rings is 1. The maximum absolute atomic E-state index is 12.7. The fourth-order valence-corrected chi connectivity index (χ4v) is 3.76. The monoisotopic (exact) mass is 407 g/mol. The highest BCUT2D eigenvalue weighted by atomic mass is 16.7. The van der Waals surface area contributed by atoms with Crippen molar-refractivity contribution in [2.75, 3.05) is 18.4 Å². The molecule has 8 nitrogen and oxygen atoms in total. The summed E-state index contributed by atoms with van der Waals surface area (Å²) in [5, 5.41) is 9.84. The third-order valence-electron chi connectivity index (χ3n) is 5.43. The van der Waals surface area contributed by atoms with Crippen LogP contribution in [0.2, 0.25) is 0 Å². The summed E-state index contributed by atoms with van der Waals surface area (Å²) in [5.41, 5.74) is 2.59. The molecule has 2 aliphatic heterocycles. The van der Waals surface area contributed by atoms with Crippen LogP contribution < -0.4 is 10.6 Å². The van der Waals surface area contributed by atoms with Gasteiger partial charge < -0.3 is 20.4 Å². The van der Waals surface area contributed by atoms with Crippen LogP contribution >= 0.6 is 0 Å². The van der Waals surface area contributed by atoms with Crippen molar-refractivity contribution in [3.63, 3.8) is 0 Å². The lowest BCUT2D eigenvalue weighted by Crippen LogP contribution is -2.52. The molecule has 2 N–H and O–H groups in total. The molecule has 0 saturated carbocycles. The molecule has 156 valence electrons. The van der Waals surface area contributed by atoms with Gasteiger partial charge in [0, 0.05) is 37.6 Å². The molecule has 1 fully saturated rings. The summed E-state index contributed by atoms with van der Waals surface area (Å²) in [6.45, 7) is 3.45. The van der Waals surface area contributed by atoms with E-state index < -0.39 is 5.60 Å². The van der Waals surface area contributed by atoms with Gasteiger partial charge in [-0.3, -0.25) is 9.78 Å². The first-order chi connectivity index (χ1) is 14.5. The van der Waals surface area contributed by atoms with E-state index in [-0.39, 0.29) is 11.9 Å². The normalized spacial score (nSPS) is 20.4. The Bertz CT molecular complexity index is 945. The Kier molecular flexibility index (Phi) is 5.65. The van der Waals surface area contributed by atoms with Gasteiger partial charge in [-0.05, 0) is 49.6 Å². The van der Waals surface area contributed by atoms with Crippen molar-refractivity contribution < 1.29 is 14.4 Å². The van der Waals surface area contributed by atoms with Gasteiger partial charge in [-0.15, -0.1) is 0 Å². The summed E-state index contributed by atoms with van der Waals surface area (Å²) >= 11 is 0. The topological polar surface area (TPSA) is 95.9 Å². The van der Waals surface area contributed by atoms with E-state index in [4.69, 9.17) is 4.84 Å². The number of carbonyl (C=O) groups is 2. The highest BCUT2D eigenvalue weighted by Gasteiger charge is 2.45. The van der Waals surface area contributed by atoms with E-state index in [1.807, 2.05) is 43.3 Å². The quantitative estimate of drug-likeness (QED) is 0.815. The number of urea groups is 1. The maximum atomic E-state index is 12.7. The zero-order valence-electron chi connectivity index (χ0n) is 16.9. The molecule has 0 bridgehead atoms. The van der Waals surface area contributed by atoms with Crippen molar-refractivity contribution >= 4 is 23.3 Å². The molecule has 1 aromatic heterocycles. The fraction of sp³-hybridized carbons (Fsp3) is 0.364. The Balaban J connectivity index is 1.32. The minimum absolute atomic E-state index is 0.169. The standard InChI is InChI=1S/C22H25N5O3/c1-16-3-5-18(6-4-16)25-21(29)27-12-2-9-22(15-27)13-19(26-30-22)20(28)24-14-17-7-10-23-11-8-17/h3-8,10-11H,2,9,12-15H2,1H3,(H,24,28)(H,25,29)/t22-/m0/s1. The van der Waals surface area contributed by atoms with Crippen molar-refractivity contribution in [1.29, 1.82) is 0 Å². The van der Waals surface area contributed by atoms with Crippen LogP contribution in [0, 0.1) is 6.92 Å². The van der Waals surface area contributed by atoms with Crippen LogP contribution in [-0.4, -0.2) is 46.2 Å². The number of oxime groups is 1. The van der Waals surface area contributed by atoms with Gasteiger partial charge in [0.1, 0.15) is 5.71 Å². The number of likely N-dealkylation sites (tertiary alicyclic amines) is 1. The lowest BCUT2D eigenvalue weighted by molar-refractivity contribution is -0.115. The highest BCUT2D eigenvalue weighted by Crippen LogP contribution is 2.33. The van der Waals surface area contributed by atoms with Gasteiger partial charge in [-0.25, -0.2) is 4.79 Å². The highest BCUT2D eigenvalue weighted by molar-refractivity contribution is 6.39. The van der Waals surface area contributed by atoms with Crippen molar-refractivity contribution in [2.24, 2.45) is 5.16 Å². The van der Waals surface area contributed by atoms with E-state index >= 15 is 0 Å². The lowest BCUT2D eigenvalue weighted by Gasteiger charge is -2.38. The van der Waals surface area contributed by atoms with Gasteiger partial charge in [0.15, 0.2) is 5.60 Å². The minimum Gasteiger partial charge on any atom is -0.386 e. The van der Waals surface area contributed by atoms with Crippen LogP contribution in [0.3, 0.4) is 0 Å². The molecule has 1 atom stereocenters. The van der Waals surface area contributed by atoms with Crippen LogP contribution in [0.1, 0.15) is 30.4 Å². The summed E-state index contributed by atoms with van der Waals surface area (Å²) in [4.78, 5) is 36.6. The molecule has 0 radical (unpaired) electrons. The predicted molar refractivity (Wildman–Crippen MR) is 113 cm³/mol. The number of anilines is 1. The molecular weight excluding hydrogens is 382 g/mol. The summed E-state index contributed by atoms with van der Waals surface area (Å²) in [6, 6.07) is 11.2. The lowest BCUT2D eigenvalue weighted by atomic mass is 9.88. The van der Waals surface area contributed by atoms with Crippen molar-refractivity contribution in [3.8, 4) is 0 Å². The number of aromatic nitrogens is 1. The zero-order valence-corrected chi connectivity index (χ0v) is 16.9. The van der Waals surface area contributed by atoms with Gasteiger partial charge in [-0.1, -0.05) is 22.9 Å². The molecule has 0 unspecified atom stereocenters. The molecule has 8 heteroatoms. The van der Waals surface area contributed by atoms with Crippen molar-refractivity contribution in [1.82, 2.24) is 15.2 Å². The Labute approximate surface area is 175 Å². The number of hydrogen-bond donors (Lipinski definition) is 2. The molecule has 3 amide bonds. The molecule has 2 aromatic rings. The number of nitrogens with one attached hydrogen (secondary N) is 2. The molecular formula is C22H25N5O3. The molecule has 4 rings (SSSR count). The largest absolute Gasteiger partial charge is 0.386 e. The molecule has 2 aliphatic rings. The second-order valence-corrected chi connectivity index (χ2v) is 7.85. The third-order valence-corrected chi connectivity index (χ3v) is 5.43. The number of aryl methyl sites for hydroxylation is 1. The second kappa shape index (κ2) is 8.52. The van der Waals surface area contributed by atoms with Crippen LogP contribution in [-0.2, 0) is 16.2 Å². The number of rotatable bonds is 4. The average molecular weight is 407 g/mol. The minimum atomic E-state index is -0.633.